The van der Waals surface area contributed by atoms with Gasteiger partial charge in [-0.15, -0.1) is 0 Å². The van der Waals surface area contributed by atoms with Crippen molar-refractivity contribution in [2.45, 2.75) is 26.3 Å². The molecule has 0 aliphatic heterocycles. The topological polar surface area (TPSA) is 70.7 Å². The Labute approximate surface area is 199 Å². The Balaban J connectivity index is 1.70. The summed E-state index contributed by atoms with van der Waals surface area (Å²) in [6.07, 6.45) is 2.03. The minimum absolute atomic E-state index is 0.259. The molecule has 0 atom stereocenters. The molecule has 0 aliphatic carbocycles. The molecule has 7 heteroatoms. The molecular formula is C27H30FN3O3. The summed E-state index contributed by atoms with van der Waals surface area (Å²) >= 11 is 0. The molecule has 3 rings (SSSR count). The zero-order valence-electron chi connectivity index (χ0n) is 19.7. The minimum Gasteiger partial charge on any atom is -0.494 e. The van der Waals surface area contributed by atoms with E-state index in [1.807, 2.05) is 19.0 Å². The SMILES string of the molecule is CCCCOc1ccc(C(=O)Nc2ccc(N(C)C)c(C(=O)NCc3ccc(F)cc3)c2)cc1. The minimum atomic E-state index is -0.327. The quantitative estimate of drug-likeness (QED) is 0.403. The number of anilines is 2. The fourth-order valence-electron chi connectivity index (χ4n) is 3.31. The molecule has 0 saturated heterocycles. The molecular weight excluding hydrogens is 433 g/mol. The molecule has 6 nitrogen and oxygen atoms in total. The number of benzene rings is 3. The number of carbonyl (C=O) groups excluding carboxylic acids is 2. The maximum Gasteiger partial charge on any atom is 0.255 e. The van der Waals surface area contributed by atoms with E-state index in [1.165, 1.54) is 12.1 Å². The second-order valence-electron chi connectivity index (χ2n) is 8.12. The van der Waals surface area contributed by atoms with Crippen molar-refractivity contribution in [3.05, 3.63) is 89.2 Å². The molecule has 34 heavy (non-hydrogen) atoms. The summed E-state index contributed by atoms with van der Waals surface area (Å²) in [5.41, 5.74) is 2.91. The van der Waals surface area contributed by atoms with Crippen LogP contribution >= 0.6 is 0 Å². The highest BCUT2D eigenvalue weighted by molar-refractivity contribution is 6.06. The van der Waals surface area contributed by atoms with Gasteiger partial charge in [-0.1, -0.05) is 25.5 Å². The van der Waals surface area contributed by atoms with Crippen LogP contribution in [0.4, 0.5) is 15.8 Å². The third-order valence-corrected chi connectivity index (χ3v) is 5.23. The molecule has 178 valence electrons. The number of hydrogen-bond donors (Lipinski definition) is 2. The van der Waals surface area contributed by atoms with Crippen molar-refractivity contribution in [2.75, 3.05) is 30.9 Å². The van der Waals surface area contributed by atoms with E-state index >= 15 is 0 Å². The first-order chi connectivity index (χ1) is 16.4. The fourth-order valence-corrected chi connectivity index (χ4v) is 3.31. The first-order valence-electron chi connectivity index (χ1n) is 11.3. The number of carbonyl (C=O) groups is 2. The third-order valence-electron chi connectivity index (χ3n) is 5.23. The summed E-state index contributed by atoms with van der Waals surface area (Å²) in [5, 5.41) is 5.71. The molecule has 0 heterocycles. The molecule has 0 saturated carbocycles. The van der Waals surface area contributed by atoms with Crippen LogP contribution in [0.25, 0.3) is 0 Å². The third kappa shape index (κ3) is 6.81. The zero-order valence-corrected chi connectivity index (χ0v) is 19.7. The lowest BCUT2D eigenvalue weighted by Crippen LogP contribution is -2.25. The first-order valence-corrected chi connectivity index (χ1v) is 11.3. The summed E-state index contributed by atoms with van der Waals surface area (Å²) in [6, 6.07) is 18.1. The van der Waals surface area contributed by atoms with Gasteiger partial charge in [-0.25, -0.2) is 4.39 Å². The van der Waals surface area contributed by atoms with Gasteiger partial charge in [-0.3, -0.25) is 9.59 Å². The van der Waals surface area contributed by atoms with E-state index in [0.717, 1.165) is 24.2 Å². The molecule has 2 amide bonds. The fraction of sp³-hybridized carbons (Fsp3) is 0.259. The van der Waals surface area contributed by atoms with Gasteiger partial charge in [0.1, 0.15) is 11.6 Å². The molecule has 0 bridgehead atoms. The van der Waals surface area contributed by atoms with E-state index in [9.17, 15) is 14.0 Å². The number of hydrogen-bond acceptors (Lipinski definition) is 4. The molecule has 0 unspecified atom stereocenters. The summed E-state index contributed by atoms with van der Waals surface area (Å²) in [7, 11) is 3.68. The Morgan fingerprint density at radius 2 is 1.65 bits per heavy atom. The number of nitrogens with zero attached hydrogens (tertiary/aromatic N) is 1. The number of halogens is 1. The number of amides is 2. The second kappa shape index (κ2) is 11.8. The van der Waals surface area contributed by atoms with Gasteiger partial charge in [0, 0.05) is 37.6 Å². The van der Waals surface area contributed by atoms with Gasteiger partial charge in [-0.05, 0) is 66.6 Å². The first kappa shape index (κ1) is 24.8. The molecule has 0 aliphatic rings. The van der Waals surface area contributed by atoms with Crippen LogP contribution in [0, 0.1) is 5.82 Å². The van der Waals surface area contributed by atoms with Crippen molar-refractivity contribution in [3.8, 4) is 5.75 Å². The van der Waals surface area contributed by atoms with E-state index in [4.69, 9.17) is 4.74 Å². The van der Waals surface area contributed by atoms with E-state index in [1.54, 1.807) is 54.6 Å². The highest BCUT2D eigenvalue weighted by atomic mass is 19.1. The van der Waals surface area contributed by atoms with Gasteiger partial charge in [-0.2, -0.15) is 0 Å². The average molecular weight is 464 g/mol. The maximum atomic E-state index is 13.1. The molecule has 0 radical (unpaired) electrons. The van der Waals surface area contributed by atoms with Crippen molar-refractivity contribution in [3.63, 3.8) is 0 Å². The van der Waals surface area contributed by atoms with Gasteiger partial charge in [0.25, 0.3) is 11.8 Å². The summed E-state index contributed by atoms with van der Waals surface area (Å²) < 4.78 is 18.8. The standard InChI is InChI=1S/C27H30FN3O3/c1-4-5-16-34-23-13-8-20(9-14-23)26(32)30-22-12-15-25(31(2)3)24(17-22)27(33)29-18-19-6-10-21(28)11-7-19/h6-15,17H,4-5,16,18H2,1-3H3,(H,29,33)(H,30,32). The van der Waals surface area contributed by atoms with Gasteiger partial charge >= 0.3 is 0 Å². The summed E-state index contributed by atoms with van der Waals surface area (Å²) in [5.74, 6) is -0.180. The molecule has 0 spiro atoms. The Bertz CT molecular complexity index is 1110. The lowest BCUT2D eigenvalue weighted by atomic mass is 10.1. The summed E-state index contributed by atoms with van der Waals surface area (Å²) in [4.78, 5) is 27.5. The molecule has 3 aromatic carbocycles. The monoisotopic (exact) mass is 463 g/mol. The number of nitrogens with one attached hydrogen (secondary N) is 2. The Morgan fingerprint density at radius 1 is 0.941 bits per heavy atom. The largest absolute Gasteiger partial charge is 0.494 e. The van der Waals surface area contributed by atoms with Gasteiger partial charge in [0.05, 0.1) is 12.2 Å². The van der Waals surface area contributed by atoms with Crippen LogP contribution in [0.1, 0.15) is 46.0 Å². The van der Waals surface area contributed by atoms with Crippen LogP contribution < -0.4 is 20.3 Å². The smallest absolute Gasteiger partial charge is 0.255 e. The van der Waals surface area contributed by atoms with Crippen LogP contribution in [-0.4, -0.2) is 32.5 Å². The van der Waals surface area contributed by atoms with Crippen molar-refractivity contribution in [1.82, 2.24) is 5.32 Å². The van der Waals surface area contributed by atoms with Crippen LogP contribution in [0.2, 0.25) is 0 Å². The number of unbranched alkanes of at least 4 members (excludes halogenated alkanes) is 1. The Kier molecular flexibility index (Phi) is 8.62. The molecule has 0 aromatic heterocycles. The molecule has 3 aromatic rings. The predicted octanol–water partition coefficient (Wildman–Crippen LogP) is 5.25. The van der Waals surface area contributed by atoms with Crippen molar-refractivity contribution >= 4 is 23.2 Å². The maximum absolute atomic E-state index is 13.1. The van der Waals surface area contributed by atoms with Gasteiger partial charge < -0.3 is 20.3 Å². The predicted molar refractivity (Wildman–Crippen MR) is 133 cm³/mol. The Hall–Kier alpha value is -3.87. The van der Waals surface area contributed by atoms with Crippen LogP contribution in [0.15, 0.2) is 66.7 Å². The van der Waals surface area contributed by atoms with Crippen molar-refractivity contribution in [2.24, 2.45) is 0 Å². The van der Waals surface area contributed by atoms with E-state index in [2.05, 4.69) is 17.6 Å². The van der Waals surface area contributed by atoms with Crippen LogP contribution in [-0.2, 0) is 6.54 Å². The van der Waals surface area contributed by atoms with Gasteiger partial charge in [0.15, 0.2) is 0 Å². The van der Waals surface area contributed by atoms with E-state index < -0.39 is 0 Å². The van der Waals surface area contributed by atoms with E-state index in [-0.39, 0.29) is 24.2 Å². The van der Waals surface area contributed by atoms with Crippen molar-refractivity contribution < 1.29 is 18.7 Å². The number of rotatable bonds is 10. The average Bonchev–Trinajstić information content (AvgIpc) is 2.84. The summed E-state index contributed by atoms with van der Waals surface area (Å²) in [6.45, 7) is 3.00. The highest BCUT2D eigenvalue weighted by Crippen LogP contribution is 2.24. The molecule has 2 N–H and O–H groups in total. The molecule has 0 fully saturated rings. The number of ether oxygens (including phenoxy) is 1. The second-order valence-corrected chi connectivity index (χ2v) is 8.12. The normalized spacial score (nSPS) is 10.5. The lowest BCUT2D eigenvalue weighted by molar-refractivity contribution is 0.0950. The van der Waals surface area contributed by atoms with Gasteiger partial charge in [0.2, 0.25) is 0 Å². The highest BCUT2D eigenvalue weighted by Gasteiger charge is 2.15. The Morgan fingerprint density at radius 3 is 2.29 bits per heavy atom. The van der Waals surface area contributed by atoms with Crippen LogP contribution in [0.3, 0.4) is 0 Å². The van der Waals surface area contributed by atoms with Crippen molar-refractivity contribution in [1.29, 1.82) is 0 Å². The van der Waals surface area contributed by atoms with Crippen LogP contribution in [0.5, 0.6) is 5.75 Å². The lowest BCUT2D eigenvalue weighted by Gasteiger charge is -2.18. The zero-order chi connectivity index (χ0) is 24.5. The van der Waals surface area contributed by atoms with E-state index in [0.29, 0.717) is 29.1 Å².